The van der Waals surface area contributed by atoms with Crippen molar-refractivity contribution >= 4 is 23.2 Å². The zero-order valence-corrected chi connectivity index (χ0v) is 9.57. The van der Waals surface area contributed by atoms with Crippen LogP contribution in [-0.4, -0.2) is 13.1 Å². The van der Waals surface area contributed by atoms with E-state index in [2.05, 4.69) is 5.32 Å². The minimum Gasteiger partial charge on any atom is -0.317 e. The molecular weight excluding hydrogens is 217 g/mol. The summed E-state index contributed by atoms with van der Waals surface area (Å²) in [5.41, 5.74) is 1.24. The average molecular weight is 230 g/mol. The quantitative estimate of drug-likeness (QED) is 0.820. The highest BCUT2D eigenvalue weighted by molar-refractivity contribution is 6.35. The Bertz CT molecular complexity index is 332. The Labute approximate surface area is 94.4 Å². The topological polar surface area (TPSA) is 12.0 Å². The number of hydrogen-bond acceptors (Lipinski definition) is 1. The van der Waals surface area contributed by atoms with Gasteiger partial charge < -0.3 is 5.32 Å². The maximum Gasteiger partial charge on any atom is 0.0455 e. The van der Waals surface area contributed by atoms with Crippen LogP contribution in [0.4, 0.5) is 0 Å². The van der Waals surface area contributed by atoms with Crippen LogP contribution in [0.3, 0.4) is 0 Å². The molecule has 1 aromatic rings. The molecule has 0 heterocycles. The highest BCUT2D eigenvalue weighted by atomic mass is 35.5. The highest BCUT2D eigenvalue weighted by Gasteiger charge is 2.30. The SMILES string of the molecule is CNC1CC(c2ccc(Cl)cc2Cl)C1. The Morgan fingerprint density at radius 2 is 2.00 bits per heavy atom. The zero-order valence-electron chi connectivity index (χ0n) is 8.06. The molecule has 3 heteroatoms. The predicted molar refractivity (Wildman–Crippen MR) is 61.3 cm³/mol. The van der Waals surface area contributed by atoms with Gasteiger partial charge in [-0.3, -0.25) is 0 Å². The van der Waals surface area contributed by atoms with Gasteiger partial charge in [-0.05, 0) is 43.5 Å². The van der Waals surface area contributed by atoms with Gasteiger partial charge in [0.25, 0.3) is 0 Å². The van der Waals surface area contributed by atoms with Gasteiger partial charge in [0.1, 0.15) is 0 Å². The molecule has 1 N–H and O–H groups in total. The summed E-state index contributed by atoms with van der Waals surface area (Å²) in [6.07, 6.45) is 2.36. The number of hydrogen-bond donors (Lipinski definition) is 1. The van der Waals surface area contributed by atoms with Gasteiger partial charge >= 0.3 is 0 Å². The number of benzene rings is 1. The van der Waals surface area contributed by atoms with Crippen LogP contribution < -0.4 is 5.32 Å². The minimum atomic E-state index is 0.609. The van der Waals surface area contributed by atoms with Crippen molar-refractivity contribution in [1.29, 1.82) is 0 Å². The van der Waals surface area contributed by atoms with Crippen LogP contribution in [0.5, 0.6) is 0 Å². The van der Waals surface area contributed by atoms with E-state index in [0.717, 1.165) is 5.02 Å². The van der Waals surface area contributed by atoms with E-state index in [9.17, 15) is 0 Å². The first kappa shape index (κ1) is 10.3. The normalized spacial score (nSPS) is 25.9. The van der Waals surface area contributed by atoms with Gasteiger partial charge in [0.05, 0.1) is 0 Å². The summed E-state index contributed by atoms with van der Waals surface area (Å²) in [6, 6.07) is 6.44. The molecule has 1 aromatic carbocycles. The van der Waals surface area contributed by atoms with E-state index in [4.69, 9.17) is 23.2 Å². The molecule has 0 atom stereocenters. The second kappa shape index (κ2) is 4.09. The third-order valence-electron chi connectivity index (χ3n) is 2.95. The van der Waals surface area contributed by atoms with E-state index in [0.29, 0.717) is 17.0 Å². The number of halogens is 2. The van der Waals surface area contributed by atoms with Gasteiger partial charge in [-0.2, -0.15) is 0 Å². The lowest BCUT2D eigenvalue weighted by molar-refractivity contribution is 0.307. The Kier molecular flexibility index (Phi) is 3.01. The van der Waals surface area contributed by atoms with Crippen LogP contribution >= 0.6 is 23.2 Å². The lowest BCUT2D eigenvalue weighted by atomic mass is 9.76. The third-order valence-corrected chi connectivity index (χ3v) is 3.51. The molecule has 0 spiro atoms. The minimum absolute atomic E-state index is 0.609. The molecule has 0 saturated heterocycles. The maximum absolute atomic E-state index is 6.12. The fourth-order valence-electron chi connectivity index (χ4n) is 1.94. The first-order valence-corrected chi connectivity index (χ1v) is 5.58. The average Bonchev–Trinajstić information content (AvgIpc) is 2.06. The van der Waals surface area contributed by atoms with Gasteiger partial charge in [-0.25, -0.2) is 0 Å². The summed E-state index contributed by atoms with van der Waals surface area (Å²) in [7, 11) is 2.00. The van der Waals surface area contributed by atoms with Gasteiger partial charge in [0, 0.05) is 16.1 Å². The molecule has 2 rings (SSSR count). The Morgan fingerprint density at radius 1 is 1.29 bits per heavy atom. The molecule has 0 bridgehead atoms. The van der Waals surface area contributed by atoms with Gasteiger partial charge in [0.2, 0.25) is 0 Å². The van der Waals surface area contributed by atoms with E-state index in [1.54, 1.807) is 0 Å². The molecule has 1 nitrogen and oxygen atoms in total. The van der Waals surface area contributed by atoms with Crippen molar-refractivity contribution in [2.24, 2.45) is 0 Å². The predicted octanol–water partition coefficient (Wildman–Crippen LogP) is 3.46. The van der Waals surface area contributed by atoms with E-state index in [1.165, 1.54) is 18.4 Å². The van der Waals surface area contributed by atoms with Crippen molar-refractivity contribution < 1.29 is 0 Å². The molecule has 0 radical (unpaired) electrons. The van der Waals surface area contributed by atoms with Crippen molar-refractivity contribution in [2.75, 3.05) is 7.05 Å². The molecule has 0 unspecified atom stereocenters. The van der Waals surface area contributed by atoms with Crippen molar-refractivity contribution in [1.82, 2.24) is 5.32 Å². The van der Waals surface area contributed by atoms with Crippen LogP contribution in [0, 0.1) is 0 Å². The van der Waals surface area contributed by atoms with Crippen LogP contribution in [-0.2, 0) is 0 Å². The summed E-state index contributed by atoms with van der Waals surface area (Å²) >= 11 is 12.0. The molecular formula is C11H13Cl2N. The van der Waals surface area contributed by atoms with Crippen LogP contribution in [0.1, 0.15) is 24.3 Å². The Morgan fingerprint density at radius 3 is 2.57 bits per heavy atom. The van der Waals surface area contributed by atoms with E-state index in [1.807, 2.05) is 25.2 Å². The summed E-state index contributed by atoms with van der Waals surface area (Å²) in [6.45, 7) is 0. The zero-order chi connectivity index (χ0) is 10.1. The molecule has 1 aliphatic carbocycles. The molecule has 1 fully saturated rings. The maximum atomic E-state index is 6.12. The third kappa shape index (κ3) is 1.90. The second-order valence-electron chi connectivity index (χ2n) is 3.82. The highest BCUT2D eigenvalue weighted by Crippen LogP contribution is 2.40. The van der Waals surface area contributed by atoms with Crippen molar-refractivity contribution in [3.8, 4) is 0 Å². The lowest BCUT2D eigenvalue weighted by Gasteiger charge is -2.35. The Hall–Kier alpha value is -0.240. The smallest absolute Gasteiger partial charge is 0.0455 e. The van der Waals surface area contributed by atoms with Crippen LogP contribution in [0.25, 0.3) is 0 Å². The van der Waals surface area contributed by atoms with Crippen molar-refractivity contribution in [2.45, 2.75) is 24.8 Å². The first-order valence-electron chi connectivity index (χ1n) is 4.83. The largest absolute Gasteiger partial charge is 0.317 e. The summed E-state index contributed by atoms with van der Waals surface area (Å²) < 4.78 is 0. The fourth-order valence-corrected chi connectivity index (χ4v) is 2.50. The van der Waals surface area contributed by atoms with E-state index in [-0.39, 0.29) is 0 Å². The fraction of sp³-hybridized carbons (Fsp3) is 0.455. The summed E-state index contributed by atoms with van der Waals surface area (Å²) in [4.78, 5) is 0. The standard InChI is InChI=1S/C11H13Cl2N/c1-14-9-4-7(5-9)10-3-2-8(12)6-11(10)13/h2-3,6-7,9,14H,4-5H2,1H3. The van der Waals surface area contributed by atoms with E-state index < -0.39 is 0 Å². The monoisotopic (exact) mass is 229 g/mol. The second-order valence-corrected chi connectivity index (χ2v) is 4.66. The van der Waals surface area contributed by atoms with E-state index >= 15 is 0 Å². The molecule has 0 amide bonds. The Balaban J connectivity index is 2.11. The molecule has 0 aliphatic heterocycles. The van der Waals surface area contributed by atoms with Gasteiger partial charge in [-0.1, -0.05) is 29.3 Å². The van der Waals surface area contributed by atoms with Gasteiger partial charge in [-0.15, -0.1) is 0 Å². The number of nitrogens with one attached hydrogen (secondary N) is 1. The first-order chi connectivity index (χ1) is 6.70. The lowest BCUT2D eigenvalue weighted by Crippen LogP contribution is -2.37. The summed E-state index contributed by atoms with van der Waals surface area (Å²) in [5.74, 6) is 0.609. The molecule has 14 heavy (non-hydrogen) atoms. The number of rotatable bonds is 2. The summed E-state index contributed by atoms with van der Waals surface area (Å²) in [5, 5.41) is 4.78. The van der Waals surface area contributed by atoms with Crippen LogP contribution in [0.15, 0.2) is 18.2 Å². The van der Waals surface area contributed by atoms with Crippen molar-refractivity contribution in [3.63, 3.8) is 0 Å². The molecule has 1 aliphatic rings. The molecule has 0 aromatic heterocycles. The molecule has 76 valence electrons. The molecule has 1 saturated carbocycles. The van der Waals surface area contributed by atoms with Gasteiger partial charge in [0.15, 0.2) is 0 Å². The van der Waals surface area contributed by atoms with Crippen molar-refractivity contribution in [3.05, 3.63) is 33.8 Å². The van der Waals surface area contributed by atoms with Crippen LogP contribution in [0.2, 0.25) is 10.0 Å².